The number of benzene rings is 5. The number of hydrogen-bond acceptors (Lipinski definition) is 2. The minimum absolute atomic E-state index is 0.143. The Balaban J connectivity index is 1.87. The Hall–Kier alpha value is -3.95. The van der Waals surface area contributed by atoms with Crippen molar-refractivity contribution in [2.45, 2.75) is 12.3 Å². The highest BCUT2D eigenvalue weighted by atomic mass is 31.2. The van der Waals surface area contributed by atoms with Gasteiger partial charge in [0.15, 0.2) is 0 Å². The van der Waals surface area contributed by atoms with Crippen molar-refractivity contribution < 1.29 is 18.9 Å². The SMILES string of the molecule is CC(c1ccccc1OP(=O)(O)O)(c1ccccc1-c1ccccc1)c1ccccc1-c1ccccc1. The molecule has 0 saturated heterocycles. The van der Waals surface area contributed by atoms with E-state index in [0.29, 0.717) is 5.56 Å². The Labute approximate surface area is 217 Å². The van der Waals surface area contributed by atoms with E-state index < -0.39 is 13.2 Å². The van der Waals surface area contributed by atoms with Crippen molar-refractivity contribution >= 4 is 7.82 Å². The standard InChI is InChI=1S/C32H27O4P/c1-32(30-22-12-13-23-31(30)36-37(33,34)35,28-20-10-8-18-26(28)24-14-4-2-5-15-24)29-21-11-9-19-27(29)25-16-6-3-7-17-25/h2-23H,1H3,(H2,33,34,35). The van der Waals surface area contributed by atoms with Crippen LogP contribution in [0.15, 0.2) is 133 Å². The van der Waals surface area contributed by atoms with Gasteiger partial charge in [-0.1, -0.05) is 127 Å². The lowest BCUT2D eigenvalue weighted by Crippen LogP contribution is -2.28. The zero-order valence-electron chi connectivity index (χ0n) is 20.4. The summed E-state index contributed by atoms with van der Waals surface area (Å²) in [6.07, 6.45) is 0. The van der Waals surface area contributed by atoms with Gasteiger partial charge in [-0.3, -0.25) is 9.79 Å². The van der Waals surface area contributed by atoms with Crippen LogP contribution >= 0.6 is 7.82 Å². The molecule has 0 fully saturated rings. The highest BCUT2D eigenvalue weighted by molar-refractivity contribution is 7.46. The summed E-state index contributed by atoms with van der Waals surface area (Å²) in [5.74, 6) is 0.143. The summed E-state index contributed by atoms with van der Waals surface area (Å²) in [4.78, 5) is 19.5. The summed E-state index contributed by atoms with van der Waals surface area (Å²) >= 11 is 0. The van der Waals surface area contributed by atoms with Gasteiger partial charge in [-0.2, -0.15) is 0 Å². The second-order valence-electron chi connectivity index (χ2n) is 9.03. The maximum Gasteiger partial charge on any atom is 0.524 e. The topological polar surface area (TPSA) is 66.8 Å². The summed E-state index contributed by atoms with van der Waals surface area (Å²) in [6.45, 7) is 2.10. The van der Waals surface area contributed by atoms with Gasteiger partial charge in [0, 0.05) is 11.0 Å². The summed E-state index contributed by atoms with van der Waals surface area (Å²) in [7, 11) is -4.81. The van der Waals surface area contributed by atoms with Gasteiger partial charge < -0.3 is 4.52 Å². The number of rotatable bonds is 7. The molecule has 0 radical (unpaired) electrons. The molecule has 0 saturated carbocycles. The van der Waals surface area contributed by atoms with Crippen LogP contribution in [-0.2, 0) is 9.98 Å². The molecule has 5 rings (SSSR count). The van der Waals surface area contributed by atoms with Crippen molar-refractivity contribution in [2.24, 2.45) is 0 Å². The molecule has 0 spiro atoms. The molecule has 5 aromatic carbocycles. The minimum Gasteiger partial charge on any atom is -0.404 e. The molecule has 5 aromatic rings. The molecule has 0 heterocycles. The summed E-state index contributed by atoms with van der Waals surface area (Å²) in [5, 5.41) is 0. The monoisotopic (exact) mass is 506 g/mol. The smallest absolute Gasteiger partial charge is 0.404 e. The van der Waals surface area contributed by atoms with Crippen molar-refractivity contribution in [1.82, 2.24) is 0 Å². The fourth-order valence-corrected chi connectivity index (χ4v) is 5.52. The van der Waals surface area contributed by atoms with Gasteiger partial charge >= 0.3 is 7.82 Å². The molecule has 0 aromatic heterocycles. The molecular weight excluding hydrogens is 479 g/mol. The molecule has 0 aliphatic heterocycles. The van der Waals surface area contributed by atoms with E-state index in [-0.39, 0.29) is 5.75 Å². The Morgan fingerprint density at radius 1 is 0.541 bits per heavy atom. The lowest BCUT2D eigenvalue weighted by Gasteiger charge is -2.36. The van der Waals surface area contributed by atoms with Crippen LogP contribution in [0.2, 0.25) is 0 Å². The van der Waals surface area contributed by atoms with Crippen LogP contribution in [-0.4, -0.2) is 9.79 Å². The van der Waals surface area contributed by atoms with Gasteiger partial charge in [-0.15, -0.1) is 0 Å². The quantitative estimate of drug-likeness (QED) is 0.174. The number of phosphoric ester groups is 1. The third-order valence-corrected chi connectivity index (χ3v) is 7.18. The molecule has 37 heavy (non-hydrogen) atoms. The average Bonchev–Trinajstić information content (AvgIpc) is 2.93. The average molecular weight is 507 g/mol. The number of para-hydroxylation sites is 1. The van der Waals surface area contributed by atoms with E-state index >= 15 is 0 Å². The Morgan fingerprint density at radius 2 is 0.919 bits per heavy atom. The highest BCUT2D eigenvalue weighted by Crippen LogP contribution is 2.51. The first kappa shape index (κ1) is 24.7. The lowest BCUT2D eigenvalue weighted by molar-refractivity contribution is 0.281. The number of phosphoric acid groups is 1. The maximum absolute atomic E-state index is 12.0. The Bertz CT molecular complexity index is 1480. The lowest BCUT2D eigenvalue weighted by atomic mass is 9.67. The first-order valence-corrected chi connectivity index (χ1v) is 13.6. The molecule has 0 atom stereocenters. The van der Waals surface area contributed by atoms with Crippen LogP contribution in [0, 0.1) is 0 Å². The van der Waals surface area contributed by atoms with Gasteiger partial charge in [0.1, 0.15) is 5.75 Å². The molecule has 184 valence electrons. The second-order valence-corrected chi connectivity index (χ2v) is 10.2. The highest BCUT2D eigenvalue weighted by Gasteiger charge is 2.38. The molecular formula is C32H27O4P. The van der Waals surface area contributed by atoms with Crippen LogP contribution in [0.3, 0.4) is 0 Å². The van der Waals surface area contributed by atoms with E-state index in [1.54, 1.807) is 12.1 Å². The van der Waals surface area contributed by atoms with Gasteiger partial charge in [-0.05, 0) is 46.4 Å². The molecule has 2 N–H and O–H groups in total. The van der Waals surface area contributed by atoms with Crippen molar-refractivity contribution in [3.05, 3.63) is 150 Å². The molecule has 0 unspecified atom stereocenters. The van der Waals surface area contributed by atoms with E-state index in [4.69, 9.17) is 4.52 Å². The Kier molecular flexibility index (Phi) is 6.82. The summed E-state index contributed by atoms with van der Waals surface area (Å²) < 4.78 is 17.3. The largest absolute Gasteiger partial charge is 0.524 e. The van der Waals surface area contributed by atoms with Crippen molar-refractivity contribution in [2.75, 3.05) is 0 Å². The molecule has 5 heteroatoms. The van der Waals surface area contributed by atoms with Crippen LogP contribution in [0.4, 0.5) is 0 Å². The zero-order chi connectivity index (χ0) is 25.9. The van der Waals surface area contributed by atoms with Crippen molar-refractivity contribution in [3.8, 4) is 28.0 Å². The van der Waals surface area contributed by atoms with Crippen LogP contribution in [0.25, 0.3) is 22.3 Å². The van der Waals surface area contributed by atoms with Crippen LogP contribution < -0.4 is 4.52 Å². The predicted octanol–water partition coefficient (Wildman–Crippen LogP) is 7.85. The molecule has 0 aliphatic rings. The third-order valence-electron chi connectivity index (χ3n) is 6.74. The van der Waals surface area contributed by atoms with E-state index in [1.165, 1.54) is 0 Å². The van der Waals surface area contributed by atoms with Gasteiger partial charge in [0.25, 0.3) is 0 Å². The number of hydrogen-bond donors (Lipinski definition) is 2. The molecule has 0 amide bonds. The van der Waals surface area contributed by atoms with Gasteiger partial charge in [-0.25, -0.2) is 4.57 Å². The fourth-order valence-electron chi connectivity index (χ4n) is 5.10. The van der Waals surface area contributed by atoms with Gasteiger partial charge in [0.2, 0.25) is 0 Å². The first-order valence-electron chi connectivity index (χ1n) is 12.0. The molecule has 0 bridgehead atoms. The minimum atomic E-state index is -4.81. The second kappa shape index (κ2) is 10.2. The molecule has 4 nitrogen and oxygen atoms in total. The van der Waals surface area contributed by atoms with Gasteiger partial charge in [0.05, 0.1) is 0 Å². The van der Waals surface area contributed by atoms with E-state index in [1.807, 2.05) is 72.8 Å². The maximum atomic E-state index is 12.0. The van der Waals surface area contributed by atoms with Crippen molar-refractivity contribution in [1.29, 1.82) is 0 Å². The third kappa shape index (κ3) is 5.00. The van der Waals surface area contributed by atoms with E-state index in [2.05, 4.69) is 55.5 Å². The van der Waals surface area contributed by atoms with E-state index in [9.17, 15) is 14.4 Å². The normalized spacial score (nSPS) is 11.8. The first-order chi connectivity index (χ1) is 17.9. The van der Waals surface area contributed by atoms with E-state index in [0.717, 1.165) is 33.4 Å². The predicted molar refractivity (Wildman–Crippen MR) is 148 cm³/mol. The fraction of sp³-hybridized carbons (Fsp3) is 0.0625. The summed E-state index contributed by atoms with van der Waals surface area (Å²) in [6, 6.07) is 43.7. The van der Waals surface area contributed by atoms with Crippen LogP contribution in [0.5, 0.6) is 5.75 Å². The zero-order valence-corrected chi connectivity index (χ0v) is 21.3. The molecule has 0 aliphatic carbocycles. The van der Waals surface area contributed by atoms with Crippen molar-refractivity contribution in [3.63, 3.8) is 0 Å². The summed E-state index contributed by atoms with van der Waals surface area (Å²) in [5.41, 5.74) is 5.96. The van der Waals surface area contributed by atoms with Crippen LogP contribution in [0.1, 0.15) is 23.6 Å². The Morgan fingerprint density at radius 3 is 1.38 bits per heavy atom.